The summed E-state index contributed by atoms with van der Waals surface area (Å²) in [7, 11) is 0. The highest BCUT2D eigenvalue weighted by atomic mass is 19.3. The smallest absolute Gasteiger partial charge is 0.410 e. The molecule has 0 N–H and O–H groups in total. The van der Waals surface area contributed by atoms with Gasteiger partial charge in [0.15, 0.2) is 0 Å². The molecule has 1 amide bonds. The molecule has 4 rings (SSSR count). The number of carbonyl (C=O) groups is 1. The number of ether oxygens (including phenoxy) is 1. The van der Waals surface area contributed by atoms with E-state index in [4.69, 9.17) is 9.73 Å². The van der Waals surface area contributed by atoms with Gasteiger partial charge in [0.1, 0.15) is 5.60 Å². The highest BCUT2D eigenvalue weighted by Gasteiger charge is 2.39. The second kappa shape index (κ2) is 13.5. The molecule has 2 saturated carbocycles. The van der Waals surface area contributed by atoms with Crippen LogP contribution in [0.25, 0.3) is 0 Å². The Bertz CT molecular complexity index is 1130. The Morgan fingerprint density at radius 2 is 1.83 bits per heavy atom. The molecule has 0 aromatic carbocycles. The molecule has 1 saturated heterocycles. The summed E-state index contributed by atoms with van der Waals surface area (Å²) in [5, 5.41) is 0. The number of aliphatic imine (C=N–C) groups is 1. The van der Waals surface area contributed by atoms with Crippen LogP contribution in [-0.2, 0) is 4.74 Å². The molecule has 0 aromatic rings. The highest BCUT2D eigenvalue weighted by Crippen LogP contribution is 2.45. The number of carbonyl (C=O) groups excluding carboxylic acids is 1. The van der Waals surface area contributed by atoms with Crippen molar-refractivity contribution in [2.45, 2.75) is 123 Å². The third kappa shape index (κ3) is 7.93. The van der Waals surface area contributed by atoms with Crippen molar-refractivity contribution < 1.29 is 18.3 Å². The molecule has 0 spiro atoms. The second-order valence-corrected chi connectivity index (χ2v) is 14.1. The normalized spacial score (nSPS) is 31.5. The van der Waals surface area contributed by atoms with Crippen molar-refractivity contribution in [1.82, 2.24) is 9.80 Å². The minimum atomic E-state index is -2.61. The minimum absolute atomic E-state index is 0.0114. The lowest BCUT2D eigenvalue weighted by Gasteiger charge is -2.43. The molecule has 4 atom stereocenters. The summed E-state index contributed by atoms with van der Waals surface area (Å²) in [6.45, 7) is 18.2. The largest absolute Gasteiger partial charge is 0.444 e. The summed E-state index contributed by atoms with van der Waals surface area (Å²) in [4.78, 5) is 21.9. The first-order valence-corrected chi connectivity index (χ1v) is 16.2. The highest BCUT2D eigenvalue weighted by molar-refractivity contribution is 6.06. The number of piperazine rings is 1. The van der Waals surface area contributed by atoms with Crippen LogP contribution < -0.4 is 0 Å². The van der Waals surface area contributed by atoms with E-state index in [2.05, 4.69) is 44.4 Å². The Morgan fingerprint density at radius 1 is 1.10 bits per heavy atom. The number of nitrogens with zero attached hydrogens (tertiary/aromatic N) is 3. The van der Waals surface area contributed by atoms with Gasteiger partial charge in [-0.2, -0.15) is 0 Å². The van der Waals surface area contributed by atoms with Crippen molar-refractivity contribution in [3.05, 3.63) is 47.3 Å². The van der Waals surface area contributed by atoms with Crippen molar-refractivity contribution in [1.29, 1.82) is 0 Å². The Labute approximate surface area is 252 Å². The van der Waals surface area contributed by atoms with Crippen molar-refractivity contribution in [3.8, 4) is 0 Å². The molecule has 3 fully saturated rings. The maximum Gasteiger partial charge on any atom is 0.410 e. The van der Waals surface area contributed by atoms with Gasteiger partial charge in [-0.15, -0.1) is 0 Å². The minimum Gasteiger partial charge on any atom is -0.444 e. The van der Waals surface area contributed by atoms with Gasteiger partial charge in [0.05, 0.1) is 5.71 Å². The van der Waals surface area contributed by atoms with Gasteiger partial charge in [0, 0.05) is 62.4 Å². The van der Waals surface area contributed by atoms with E-state index in [1.54, 1.807) is 6.20 Å². The van der Waals surface area contributed by atoms with Crippen LogP contribution in [0.1, 0.15) is 106 Å². The molecule has 234 valence electrons. The third-order valence-corrected chi connectivity index (χ3v) is 9.67. The maximum absolute atomic E-state index is 14.5. The van der Waals surface area contributed by atoms with Crippen LogP contribution in [0.3, 0.4) is 0 Å². The van der Waals surface area contributed by atoms with Crippen LogP contribution in [0.4, 0.5) is 13.6 Å². The molecule has 0 radical (unpaired) electrons. The lowest BCUT2D eigenvalue weighted by Crippen LogP contribution is -2.54. The number of alkyl halides is 2. The standard InChI is InChI=1S/C35H53F2N3O2/c1-8-38-31-21-27(28-14-12-18-35(36,37)22-28)16-17-30(29-15-11-9-10-13-24(29)2)32(31)26(4)40-20-19-39(23-25(40)3)33(41)42-34(5,6)7/h8,16-17,24-25,28-29H,1,9-15,18-23H2,2-7H3/b32-26+,38-31?/t24?,25-,28?,29?/m0/s1. The van der Waals surface area contributed by atoms with Crippen LogP contribution in [0.5, 0.6) is 0 Å². The van der Waals surface area contributed by atoms with Crippen LogP contribution in [0.15, 0.2) is 52.3 Å². The molecule has 0 aromatic heterocycles. The Hall–Kier alpha value is -2.44. The fraction of sp³-hybridized carbons (Fsp3) is 0.714. The van der Waals surface area contributed by atoms with Crippen LogP contribution in [-0.4, -0.2) is 58.8 Å². The molecule has 7 heteroatoms. The molecule has 42 heavy (non-hydrogen) atoms. The number of allylic oxidation sites excluding steroid dienone is 6. The Balaban J connectivity index is 1.72. The van der Waals surface area contributed by atoms with Crippen LogP contribution in [0, 0.1) is 17.8 Å². The van der Waals surface area contributed by atoms with Gasteiger partial charge >= 0.3 is 6.09 Å². The molecule has 4 aliphatic rings. The first kappa shape index (κ1) is 32.5. The molecule has 0 bridgehead atoms. The van der Waals surface area contributed by atoms with E-state index in [1.807, 2.05) is 25.7 Å². The van der Waals surface area contributed by atoms with E-state index in [-0.39, 0.29) is 30.9 Å². The average molecular weight is 586 g/mol. The number of amides is 1. The van der Waals surface area contributed by atoms with Gasteiger partial charge in [-0.25, -0.2) is 13.6 Å². The van der Waals surface area contributed by atoms with Gasteiger partial charge in [0.2, 0.25) is 5.92 Å². The van der Waals surface area contributed by atoms with Gasteiger partial charge in [-0.05, 0) is 77.2 Å². The Morgan fingerprint density at radius 3 is 2.50 bits per heavy atom. The monoisotopic (exact) mass is 585 g/mol. The van der Waals surface area contributed by atoms with Crippen molar-refractivity contribution in [2.24, 2.45) is 22.7 Å². The molecule has 1 aliphatic heterocycles. The summed E-state index contributed by atoms with van der Waals surface area (Å²) in [5.74, 6) is -1.83. The molecule has 3 unspecified atom stereocenters. The molecular formula is C35H53F2N3O2. The van der Waals surface area contributed by atoms with E-state index >= 15 is 0 Å². The van der Waals surface area contributed by atoms with Crippen LogP contribution >= 0.6 is 0 Å². The van der Waals surface area contributed by atoms with Crippen molar-refractivity contribution in [2.75, 3.05) is 19.6 Å². The van der Waals surface area contributed by atoms with Gasteiger partial charge < -0.3 is 14.5 Å². The van der Waals surface area contributed by atoms with E-state index in [1.165, 1.54) is 31.3 Å². The topological polar surface area (TPSA) is 45.1 Å². The van der Waals surface area contributed by atoms with Crippen molar-refractivity contribution in [3.63, 3.8) is 0 Å². The predicted octanol–water partition coefficient (Wildman–Crippen LogP) is 9.08. The number of rotatable bonds is 4. The maximum atomic E-state index is 14.5. The summed E-state index contributed by atoms with van der Waals surface area (Å²) >= 11 is 0. The molecule has 5 nitrogen and oxygen atoms in total. The molecular weight excluding hydrogens is 532 g/mol. The van der Waals surface area contributed by atoms with Gasteiger partial charge in [-0.1, -0.05) is 56.9 Å². The van der Waals surface area contributed by atoms with E-state index in [0.29, 0.717) is 44.3 Å². The summed E-state index contributed by atoms with van der Waals surface area (Å²) in [5.41, 5.74) is 5.07. The lowest BCUT2D eigenvalue weighted by atomic mass is 9.77. The van der Waals surface area contributed by atoms with E-state index < -0.39 is 11.5 Å². The summed E-state index contributed by atoms with van der Waals surface area (Å²) in [6, 6.07) is 0.0873. The quantitative estimate of drug-likeness (QED) is 0.309. The van der Waals surface area contributed by atoms with E-state index in [0.717, 1.165) is 35.4 Å². The van der Waals surface area contributed by atoms with Crippen LogP contribution in [0.2, 0.25) is 0 Å². The van der Waals surface area contributed by atoms with Crippen molar-refractivity contribution >= 4 is 11.8 Å². The molecule has 3 aliphatic carbocycles. The summed E-state index contributed by atoms with van der Waals surface area (Å²) < 4.78 is 34.8. The lowest BCUT2D eigenvalue weighted by molar-refractivity contribution is -0.0470. The fourth-order valence-electron chi connectivity index (χ4n) is 7.55. The fourth-order valence-corrected chi connectivity index (χ4v) is 7.55. The number of halogens is 2. The number of hydrogen-bond donors (Lipinski definition) is 0. The summed E-state index contributed by atoms with van der Waals surface area (Å²) in [6.07, 6.45) is 13.6. The molecule has 1 heterocycles. The zero-order valence-electron chi connectivity index (χ0n) is 26.9. The predicted molar refractivity (Wildman–Crippen MR) is 168 cm³/mol. The Kier molecular flexibility index (Phi) is 10.4. The van der Waals surface area contributed by atoms with Gasteiger partial charge in [0.25, 0.3) is 0 Å². The second-order valence-electron chi connectivity index (χ2n) is 14.1. The van der Waals surface area contributed by atoms with Gasteiger partial charge in [-0.3, -0.25) is 4.99 Å². The number of hydrogen-bond acceptors (Lipinski definition) is 4. The van der Waals surface area contributed by atoms with E-state index in [9.17, 15) is 13.6 Å². The SMILES string of the molecule is C=CN=C1CC(C2CCCC(F)(F)C2)=CC=C(C2CCCCCC2C)/C1=C(/C)N1CCN(C(=O)OC(C)(C)C)C[C@@H]1C. The first-order valence-electron chi connectivity index (χ1n) is 16.2. The third-order valence-electron chi connectivity index (χ3n) is 9.67. The first-order chi connectivity index (χ1) is 19.8. The zero-order valence-corrected chi connectivity index (χ0v) is 26.9. The zero-order chi connectivity index (χ0) is 30.7. The average Bonchev–Trinajstić information content (AvgIpc) is 3.22.